The van der Waals surface area contributed by atoms with E-state index in [1.54, 1.807) is 48.5 Å². The predicted octanol–water partition coefficient (Wildman–Crippen LogP) is 5.60. The molecule has 32 heavy (non-hydrogen) atoms. The van der Waals surface area contributed by atoms with Gasteiger partial charge in [0.1, 0.15) is 0 Å². The van der Waals surface area contributed by atoms with Crippen LogP contribution in [0.3, 0.4) is 0 Å². The highest BCUT2D eigenvalue weighted by Crippen LogP contribution is 2.32. The molecule has 0 aliphatic carbocycles. The van der Waals surface area contributed by atoms with Crippen molar-refractivity contribution in [3.63, 3.8) is 0 Å². The molecule has 1 fully saturated rings. The van der Waals surface area contributed by atoms with Gasteiger partial charge in [-0.05, 0) is 30.3 Å². The Labute approximate surface area is 198 Å². The molecule has 1 aliphatic rings. The monoisotopic (exact) mass is 485 g/mol. The van der Waals surface area contributed by atoms with E-state index < -0.39 is 0 Å². The van der Waals surface area contributed by atoms with Gasteiger partial charge in [-0.2, -0.15) is 0 Å². The number of hydrogen-bond acceptors (Lipinski definition) is 5. The number of rotatable bonds is 6. The summed E-state index contributed by atoms with van der Waals surface area (Å²) in [6, 6.07) is 11.7. The Morgan fingerprint density at radius 3 is 2.56 bits per heavy atom. The highest BCUT2D eigenvalue weighted by Gasteiger charge is 2.31. The minimum Gasteiger partial charge on any atom is -0.280 e. The summed E-state index contributed by atoms with van der Waals surface area (Å²) in [6.07, 6.45) is 1.96. The van der Waals surface area contributed by atoms with Crippen molar-refractivity contribution in [3.05, 3.63) is 76.1 Å². The molecule has 6 nitrogen and oxygen atoms in total. The van der Waals surface area contributed by atoms with Crippen LogP contribution in [-0.2, 0) is 9.59 Å². The van der Waals surface area contributed by atoms with Gasteiger partial charge in [0.15, 0.2) is 5.13 Å². The summed E-state index contributed by atoms with van der Waals surface area (Å²) in [5.74, 6) is -0.858. The van der Waals surface area contributed by atoms with Gasteiger partial charge in [-0.25, -0.2) is 4.98 Å². The average Bonchev–Trinajstić information content (AvgIpc) is 3.40. The highest BCUT2D eigenvalue weighted by atomic mass is 35.5. The predicted molar refractivity (Wildman–Crippen MR) is 128 cm³/mol. The van der Waals surface area contributed by atoms with Gasteiger partial charge < -0.3 is 0 Å². The zero-order valence-corrected chi connectivity index (χ0v) is 19.1. The molecule has 2 aromatic carbocycles. The molecule has 2 heterocycles. The number of imide groups is 1. The van der Waals surface area contributed by atoms with Crippen LogP contribution in [0.4, 0.5) is 10.8 Å². The van der Waals surface area contributed by atoms with Crippen molar-refractivity contribution in [1.29, 1.82) is 0 Å². The van der Waals surface area contributed by atoms with Gasteiger partial charge in [-0.3, -0.25) is 24.2 Å². The Morgan fingerprint density at radius 2 is 1.88 bits per heavy atom. The van der Waals surface area contributed by atoms with E-state index in [1.165, 1.54) is 16.2 Å². The topological polar surface area (TPSA) is 70.6 Å². The standard InChI is InChI=1S/C23H17Cl2N3O3S/c1-2-10-27(23-26-19(13-32-23)14-6-7-17(24)18(25)12-14)22(31)15-4-3-5-16(11-15)28-20(29)8-9-21(28)30/h2-7,11-13H,1,8-10H2. The van der Waals surface area contributed by atoms with Crippen molar-refractivity contribution < 1.29 is 14.4 Å². The third-order valence-corrected chi connectivity index (χ3v) is 6.50. The second-order valence-electron chi connectivity index (χ2n) is 7.02. The quantitative estimate of drug-likeness (QED) is 0.336. The van der Waals surface area contributed by atoms with Crippen LogP contribution in [0.2, 0.25) is 10.0 Å². The third-order valence-electron chi connectivity index (χ3n) is 4.90. The van der Waals surface area contributed by atoms with Crippen LogP contribution in [0.25, 0.3) is 11.3 Å². The third kappa shape index (κ3) is 4.32. The van der Waals surface area contributed by atoms with Gasteiger partial charge in [-0.1, -0.05) is 41.4 Å². The minimum atomic E-state index is -0.319. The molecule has 9 heteroatoms. The molecule has 3 amide bonds. The van der Waals surface area contributed by atoms with Crippen molar-refractivity contribution in [1.82, 2.24) is 4.98 Å². The van der Waals surface area contributed by atoms with Gasteiger partial charge in [0.05, 0.1) is 21.4 Å². The average molecular weight is 486 g/mol. The van der Waals surface area contributed by atoms with E-state index in [-0.39, 0.29) is 37.1 Å². The second kappa shape index (κ2) is 9.24. The zero-order valence-electron chi connectivity index (χ0n) is 16.8. The van der Waals surface area contributed by atoms with Crippen LogP contribution in [0.5, 0.6) is 0 Å². The number of halogens is 2. The minimum absolute atomic E-state index is 0.177. The Kier molecular flexibility index (Phi) is 6.41. The summed E-state index contributed by atoms with van der Waals surface area (Å²) < 4.78 is 0. The summed E-state index contributed by atoms with van der Waals surface area (Å²) in [5.41, 5.74) is 2.16. The molecule has 162 valence electrons. The summed E-state index contributed by atoms with van der Waals surface area (Å²) >= 11 is 13.4. The first kappa shape index (κ1) is 22.2. The molecule has 0 radical (unpaired) electrons. The lowest BCUT2D eigenvalue weighted by Crippen LogP contribution is -2.32. The second-order valence-corrected chi connectivity index (χ2v) is 8.67. The van der Waals surface area contributed by atoms with E-state index in [0.29, 0.717) is 32.1 Å². The highest BCUT2D eigenvalue weighted by molar-refractivity contribution is 7.14. The number of hydrogen-bond donors (Lipinski definition) is 0. The maximum Gasteiger partial charge on any atom is 0.260 e. The van der Waals surface area contributed by atoms with E-state index in [0.717, 1.165) is 10.5 Å². The van der Waals surface area contributed by atoms with E-state index in [1.807, 2.05) is 5.38 Å². The van der Waals surface area contributed by atoms with E-state index >= 15 is 0 Å². The summed E-state index contributed by atoms with van der Waals surface area (Å²) in [5, 5.41) is 3.18. The molecule has 0 atom stereocenters. The molecule has 1 aliphatic heterocycles. The fourth-order valence-corrected chi connectivity index (χ4v) is 4.49. The van der Waals surface area contributed by atoms with Crippen molar-refractivity contribution in [3.8, 4) is 11.3 Å². The fourth-order valence-electron chi connectivity index (χ4n) is 3.35. The van der Waals surface area contributed by atoms with Gasteiger partial charge in [0, 0.05) is 35.9 Å². The van der Waals surface area contributed by atoms with Crippen molar-refractivity contribution in [2.24, 2.45) is 0 Å². The number of aromatic nitrogens is 1. The molecule has 4 rings (SSSR count). The van der Waals surface area contributed by atoms with Gasteiger partial charge in [0.2, 0.25) is 11.8 Å². The normalized spacial score (nSPS) is 13.5. The Morgan fingerprint density at radius 1 is 1.12 bits per heavy atom. The lowest BCUT2D eigenvalue weighted by Gasteiger charge is -2.20. The molecule has 0 bridgehead atoms. The maximum atomic E-state index is 13.3. The number of anilines is 2. The van der Waals surface area contributed by atoms with Crippen LogP contribution in [0.1, 0.15) is 23.2 Å². The molecule has 0 spiro atoms. The fraction of sp³-hybridized carbons (Fsp3) is 0.130. The number of carbonyl (C=O) groups is 3. The Balaban J connectivity index is 1.64. The molecule has 0 N–H and O–H groups in total. The number of amides is 3. The lowest BCUT2D eigenvalue weighted by molar-refractivity contribution is -0.121. The molecular weight excluding hydrogens is 469 g/mol. The summed E-state index contributed by atoms with van der Waals surface area (Å²) in [7, 11) is 0. The SMILES string of the molecule is C=CCN(C(=O)c1cccc(N2C(=O)CCC2=O)c1)c1nc(-c2ccc(Cl)c(Cl)c2)cs1. The summed E-state index contributed by atoms with van der Waals surface area (Å²) in [4.78, 5) is 44.7. The van der Waals surface area contributed by atoms with E-state index in [9.17, 15) is 14.4 Å². The van der Waals surface area contributed by atoms with Gasteiger partial charge in [0.25, 0.3) is 5.91 Å². The molecular formula is C23H17Cl2N3O3S. The number of benzene rings is 2. The Hall–Kier alpha value is -3.00. The zero-order chi connectivity index (χ0) is 22.8. The first-order chi connectivity index (χ1) is 15.4. The molecule has 1 saturated heterocycles. The van der Waals surface area contributed by atoms with Crippen LogP contribution in [0, 0.1) is 0 Å². The number of carbonyl (C=O) groups excluding carboxylic acids is 3. The largest absolute Gasteiger partial charge is 0.280 e. The first-order valence-corrected chi connectivity index (χ1v) is 11.3. The van der Waals surface area contributed by atoms with Crippen molar-refractivity contribution in [2.45, 2.75) is 12.8 Å². The van der Waals surface area contributed by atoms with E-state index in [2.05, 4.69) is 11.6 Å². The van der Waals surface area contributed by atoms with Gasteiger partial charge in [-0.15, -0.1) is 17.9 Å². The Bertz CT molecular complexity index is 1220. The van der Waals surface area contributed by atoms with Crippen LogP contribution in [0.15, 0.2) is 60.5 Å². The van der Waals surface area contributed by atoms with Crippen molar-refractivity contribution >= 4 is 63.1 Å². The first-order valence-electron chi connectivity index (χ1n) is 9.68. The maximum absolute atomic E-state index is 13.3. The molecule has 0 saturated carbocycles. The van der Waals surface area contributed by atoms with Crippen LogP contribution in [-0.4, -0.2) is 29.3 Å². The molecule has 3 aromatic rings. The smallest absolute Gasteiger partial charge is 0.260 e. The van der Waals surface area contributed by atoms with Crippen molar-refractivity contribution in [2.75, 3.05) is 16.3 Å². The van der Waals surface area contributed by atoms with Crippen LogP contribution < -0.4 is 9.80 Å². The van der Waals surface area contributed by atoms with Gasteiger partial charge >= 0.3 is 0 Å². The summed E-state index contributed by atoms with van der Waals surface area (Å²) in [6.45, 7) is 3.98. The molecule has 1 aromatic heterocycles. The van der Waals surface area contributed by atoms with Crippen LogP contribution >= 0.6 is 34.5 Å². The molecule has 0 unspecified atom stereocenters. The lowest BCUT2D eigenvalue weighted by atomic mass is 10.1. The van der Waals surface area contributed by atoms with E-state index in [4.69, 9.17) is 23.2 Å². The number of thiazole rings is 1. The number of nitrogens with zero attached hydrogens (tertiary/aromatic N) is 3.